The maximum Gasteiger partial charge on any atom is 0.311 e. The van der Waals surface area contributed by atoms with Gasteiger partial charge in [-0.3, -0.25) is 9.59 Å². The van der Waals surface area contributed by atoms with Gasteiger partial charge in [0.25, 0.3) is 0 Å². The van der Waals surface area contributed by atoms with Crippen molar-refractivity contribution < 1.29 is 9.59 Å². The summed E-state index contributed by atoms with van der Waals surface area (Å²) in [5.41, 5.74) is 0. The Morgan fingerprint density at radius 3 is 1.93 bits per heavy atom. The third-order valence-corrected chi connectivity index (χ3v) is 1.81. The number of likely N-dealkylation sites (N-methyl/N-ethyl adjacent to an activating group) is 1. The molecular formula is C10H20N2O2. The first-order valence-corrected chi connectivity index (χ1v) is 5.24. The van der Waals surface area contributed by atoms with Crippen LogP contribution < -0.4 is 5.32 Å². The number of hydrogen-bond acceptors (Lipinski definition) is 2. The van der Waals surface area contributed by atoms with Crippen LogP contribution in [0.3, 0.4) is 0 Å². The van der Waals surface area contributed by atoms with Crippen molar-refractivity contribution in [2.45, 2.75) is 33.6 Å². The topological polar surface area (TPSA) is 49.4 Å². The lowest BCUT2D eigenvalue weighted by Gasteiger charge is -2.20. The molecule has 0 bridgehead atoms. The van der Waals surface area contributed by atoms with Crippen LogP contribution in [0.25, 0.3) is 0 Å². The first-order valence-electron chi connectivity index (χ1n) is 5.24. The van der Waals surface area contributed by atoms with Crippen LogP contribution >= 0.6 is 0 Å². The van der Waals surface area contributed by atoms with Gasteiger partial charge in [0, 0.05) is 19.6 Å². The van der Waals surface area contributed by atoms with Gasteiger partial charge in [0.1, 0.15) is 0 Å². The summed E-state index contributed by atoms with van der Waals surface area (Å²) in [7, 11) is 0. The smallest absolute Gasteiger partial charge is 0.311 e. The first kappa shape index (κ1) is 12.9. The number of carbonyl (C=O) groups is 2. The Labute approximate surface area is 85.7 Å². The molecule has 0 unspecified atom stereocenters. The Bertz CT molecular complexity index is 187. The predicted molar refractivity (Wildman–Crippen MR) is 55.8 cm³/mol. The van der Waals surface area contributed by atoms with Gasteiger partial charge in [0.15, 0.2) is 0 Å². The Hall–Kier alpha value is -1.06. The molecule has 4 nitrogen and oxygen atoms in total. The molecule has 0 heterocycles. The van der Waals surface area contributed by atoms with E-state index in [0.29, 0.717) is 19.6 Å². The zero-order valence-corrected chi connectivity index (χ0v) is 9.30. The van der Waals surface area contributed by atoms with Crippen LogP contribution in [0.15, 0.2) is 0 Å². The highest BCUT2D eigenvalue weighted by Gasteiger charge is 2.19. The van der Waals surface area contributed by atoms with Crippen molar-refractivity contribution in [3.8, 4) is 0 Å². The number of nitrogens with zero attached hydrogens (tertiary/aromatic N) is 1. The number of amides is 2. The second-order valence-electron chi connectivity index (χ2n) is 3.15. The highest BCUT2D eigenvalue weighted by molar-refractivity contribution is 6.34. The highest BCUT2D eigenvalue weighted by Crippen LogP contribution is 1.95. The average Bonchev–Trinajstić information content (AvgIpc) is 2.17. The molecule has 0 rings (SSSR count). The molecule has 4 heteroatoms. The molecule has 0 aliphatic carbocycles. The van der Waals surface area contributed by atoms with E-state index >= 15 is 0 Å². The van der Waals surface area contributed by atoms with Crippen LogP contribution in [0.2, 0.25) is 0 Å². The lowest BCUT2D eigenvalue weighted by Crippen LogP contribution is -2.43. The van der Waals surface area contributed by atoms with Gasteiger partial charge in [-0.05, 0) is 19.8 Å². The Morgan fingerprint density at radius 1 is 1.07 bits per heavy atom. The first-order chi connectivity index (χ1) is 6.67. The van der Waals surface area contributed by atoms with Gasteiger partial charge in [-0.25, -0.2) is 0 Å². The van der Waals surface area contributed by atoms with Crippen LogP contribution in [-0.4, -0.2) is 36.3 Å². The van der Waals surface area contributed by atoms with E-state index in [1.807, 2.05) is 13.8 Å². The van der Waals surface area contributed by atoms with E-state index < -0.39 is 11.8 Å². The van der Waals surface area contributed by atoms with Gasteiger partial charge in [0.05, 0.1) is 0 Å². The third-order valence-electron chi connectivity index (χ3n) is 1.81. The maximum absolute atomic E-state index is 11.5. The van der Waals surface area contributed by atoms with Crippen molar-refractivity contribution in [3.63, 3.8) is 0 Å². The summed E-state index contributed by atoms with van der Waals surface area (Å²) in [4.78, 5) is 24.4. The lowest BCUT2D eigenvalue weighted by molar-refractivity contribution is -0.145. The number of rotatable bonds is 5. The summed E-state index contributed by atoms with van der Waals surface area (Å²) in [6.07, 6.45) is 1.76. The van der Waals surface area contributed by atoms with E-state index in [0.717, 1.165) is 12.8 Å². The van der Waals surface area contributed by atoms with Crippen molar-refractivity contribution in [3.05, 3.63) is 0 Å². The zero-order valence-electron chi connectivity index (χ0n) is 9.30. The molecule has 82 valence electrons. The van der Waals surface area contributed by atoms with Crippen LogP contribution in [0.4, 0.5) is 0 Å². The number of nitrogens with one attached hydrogen (secondary N) is 1. The summed E-state index contributed by atoms with van der Waals surface area (Å²) < 4.78 is 0. The molecule has 0 atom stereocenters. The highest BCUT2D eigenvalue weighted by atomic mass is 16.2. The molecule has 0 aliphatic heterocycles. The fourth-order valence-electron chi connectivity index (χ4n) is 1.23. The summed E-state index contributed by atoms with van der Waals surface area (Å²) in [6.45, 7) is 7.60. The Balaban J connectivity index is 4.19. The molecule has 0 spiro atoms. The summed E-state index contributed by atoms with van der Waals surface area (Å²) in [5, 5.41) is 2.51. The molecule has 0 radical (unpaired) electrons. The average molecular weight is 200 g/mol. The van der Waals surface area contributed by atoms with Crippen molar-refractivity contribution >= 4 is 11.8 Å². The second kappa shape index (κ2) is 7.35. The fraction of sp³-hybridized carbons (Fsp3) is 0.800. The predicted octanol–water partition coefficient (Wildman–Crippen LogP) is 0.771. The molecule has 0 saturated carbocycles. The summed E-state index contributed by atoms with van der Waals surface area (Å²) in [5.74, 6) is -0.898. The van der Waals surface area contributed by atoms with Gasteiger partial charge in [0.2, 0.25) is 0 Å². The molecule has 0 aromatic carbocycles. The standard InChI is InChI=1S/C10H20N2O2/c1-4-7-12(8-5-2)10(14)9(13)11-6-3/h4-8H2,1-3H3,(H,11,13). The normalized spacial score (nSPS) is 9.64. The monoisotopic (exact) mass is 200 g/mol. The maximum atomic E-state index is 11.5. The zero-order chi connectivity index (χ0) is 11.0. The molecule has 14 heavy (non-hydrogen) atoms. The van der Waals surface area contributed by atoms with Crippen molar-refractivity contribution in [1.82, 2.24) is 10.2 Å². The van der Waals surface area contributed by atoms with Crippen molar-refractivity contribution in [2.24, 2.45) is 0 Å². The second-order valence-corrected chi connectivity index (χ2v) is 3.15. The minimum atomic E-state index is -0.491. The molecule has 0 saturated heterocycles. The van der Waals surface area contributed by atoms with E-state index in [2.05, 4.69) is 5.32 Å². The molecule has 0 aliphatic rings. The summed E-state index contributed by atoms with van der Waals surface area (Å²) in [6, 6.07) is 0. The molecular weight excluding hydrogens is 180 g/mol. The van der Waals surface area contributed by atoms with Gasteiger partial charge in [-0.2, -0.15) is 0 Å². The molecule has 2 amide bonds. The van der Waals surface area contributed by atoms with Gasteiger partial charge in [-0.1, -0.05) is 13.8 Å². The van der Waals surface area contributed by atoms with Crippen LogP contribution in [0, 0.1) is 0 Å². The number of carbonyl (C=O) groups excluding carboxylic acids is 2. The van der Waals surface area contributed by atoms with Crippen LogP contribution in [0.5, 0.6) is 0 Å². The van der Waals surface area contributed by atoms with E-state index in [1.165, 1.54) is 0 Å². The van der Waals surface area contributed by atoms with Crippen molar-refractivity contribution in [2.75, 3.05) is 19.6 Å². The molecule has 0 fully saturated rings. The van der Waals surface area contributed by atoms with E-state index in [-0.39, 0.29) is 0 Å². The minimum absolute atomic E-state index is 0.407. The van der Waals surface area contributed by atoms with Crippen LogP contribution in [0.1, 0.15) is 33.6 Å². The van der Waals surface area contributed by atoms with Crippen LogP contribution in [-0.2, 0) is 9.59 Å². The van der Waals surface area contributed by atoms with Gasteiger partial charge >= 0.3 is 11.8 Å². The van der Waals surface area contributed by atoms with E-state index in [4.69, 9.17) is 0 Å². The summed E-state index contributed by atoms with van der Waals surface area (Å²) >= 11 is 0. The Morgan fingerprint density at radius 2 is 1.57 bits per heavy atom. The van der Waals surface area contributed by atoms with E-state index in [1.54, 1.807) is 11.8 Å². The quantitative estimate of drug-likeness (QED) is 0.666. The fourth-order valence-corrected chi connectivity index (χ4v) is 1.23. The molecule has 0 aromatic heterocycles. The lowest BCUT2D eigenvalue weighted by atomic mass is 10.3. The van der Waals surface area contributed by atoms with Gasteiger partial charge in [-0.15, -0.1) is 0 Å². The number of hydrogen-bond donors (Lipinski definition) is 1. The minimum Gasteiger partial charge on any atom is -0.348 e. The third kappa shape index (κ3) is 4.25. The largest absolute Gasteiger partial charge is 0.348 e. The van der Waals surface area contributed by atoms with Crippen molar-refractivity contribution in [1.29, 1.82) is 0 Å². The van der Waals surface area contributed by atoms with E-state index in [9.17, 15) is 9.59 Å². The Kier molecular flexibility index (Phi) is 6.80. The van der Waals surface area contributed by atoms with Gasteiger partial charge < -0.3 is 10.2 Å². The molecule has 0 aromatic rings. The SMILES string of the molecule is CCCN(CCC)C(=O)C(=O)NCC. The molecule has 1 N–H and O–H groups in total.